The highest BCUT2D eigenvalue weighted by molar-refractivity contribution is 6.22. The van der Waals surface area contributed by atoms with Crippen LogP contribution in [0.1, 0.15) is 0 Å². The summed E-state index contributed by atoms with van der Waals surface area (Å²) in [5.74, 6) is 0. The number of halogens is 1. The predicted octanol–water partition coefficient (Wildman–Crippen LogP) is 0.221. The summed E-state index contributed by atoms with van der Waals surface area (Å²) in [4.78, 5) is 8.46. The van der Waals surface area contributed by atoms with Gasteiger partial charge in [-0.2, -0.15) is 9.41 Å². The summed E-state index contributed by atoms with van der Waals surface area (Å²) in [7, 11) is 5.12. The van der Waals surface area contributed by atoms with Crippen molar-refractivity contribution in [3.05, 3.63) is 0 Å². The van der Waals surface area contributed by atoms with Crippen LogP contribution in [0.15, 0.2) is 9.98 Å². The van der Waals surface area contributed by atoms with Gasteiger partial charge in [0.2, 0.25) is 0 Å². The van der Waals surface area contributed by atoms with Gasteiger partial charge in [0.25, 0.3) is 6.29 Å². The third-order valence-electron chi connectivity index (χ3n) is 3.22. The Bertz CT molecular complexity index is 368. The number of amidine groups is 2. The van der Waals surface area contributed by atoms with Crippen molar-refractivity contribution in [2.45, 2.75) is 6.29 Å². The van der Waals surface area contributed by atoms with E-state index in [1.54, 1.807) is 0 Å². The van der Waals surface area contributed by atoms with Gasteiger partial charge in [0.05, 0.1) is 34.5 Å². The first-order valence-corrected chi connectivity index (χ1v) is 6.06. The Labute approximate surface area is 111 Å². The van der Waals surface area contributed by atoms with Crippen LogP contribution in [0.5, 0.6) is 0 Å². The van der Waals surface area contributed by atoms with Crippen LogP contribution in [0.2, 0.25) is 0 Å². The van der Waals surface area contributed by atoms with Crippen molar-refractivity contribution in [1.29, 1.82) is 0 Å². The van der Waals surface area contributed by atoms with Crippen LogP contribution >= 0.6 is 11.8 Å². The minimum absolute atomic E-state index is 0.277. The summed E-state index contributed by atoms with van der Waals surface area (Å²) in [5, 5.41) is 0. The highest BCUT2D eigenvalue weighted by Gasteiger charge is 2.43. The lowest BCUT2D eigenvalue weighted by Crippen LogP contribution is -2.63. The average molecular weight is 278 g/mol. The Hall–Kier alpha value is -1.05. The molecule has 8 heteroatoms. The number of hydrogen-bond donors (Lipinski definition) is 0. The van der Waals surface area contributed by atoms with Crippen molar-refractivity contribution in [3.63, 3.8) is 0 Å². The molecule has 0 saturated carbocycles. The Kier molecular flexibility index (Phi) is 3.94. The molecule has 1 atom stereocenters. The first-order valence-electron chi connectivity index (χ1n) is 5.72. The Morgan fingerprint density at radius 3 is 2.56 bits per heavy atom. The molecule has 18 heavy (non-hydrogen) atoms. The highest BCUT2D eigenvalue weighted by Crippen LogP contribution is 2.24. The summed E-state index contributed by atoms with van der Waals surface area (Å²) >= 11 is 6.25. The SMILES string of the molecule is COC1=NC([N+]2(C)CCOCC2)N(Cl)C(OC)=N1. The van der Waals surface area contributed by atoms with Crippen molar-refractivity contribution in [1.82, 2.24) is 4.42 Å². The van der Waals surface area contributed by atoms with Crippen LogP contribution in [0.4, 0.5) is 0 Å². The molecule has 0 N–H and O–H groups in total. The molecule has 1 fully saturated rings. The van der Waals surface area contributed by atoms with Gasteiger partial charge < -0.3 is 14.2 Å². The molecular weight excluding hydrogens is 260 g/mol. The van der Waals surface area contributed by atoms with Crippen molar-refractivity contribution in [2.75, 3.05) is 47.6 Å². The maximum Gasteiger partial charge on any atom is 0.323 e. The van der Waals surface area contributed by atoms with Crippen LogP contribution in [-0.2, 0) is 14.2 Å². The Balaban J connectivity index is 2.26. The van der Waals surface area contributed by atoms with E-state index in [0.29, 0.717) is 23.7 Å². The van der Waals surface area contributed by atoms with Crippen LogP contribution in [0.25, 0.3) is 0 Å². The number of aliphatic imine (C=N–C) groups is 2. The van der Waals surface area contributed by atoms with Crippen LogP contribution in [0.3, 0.4) is 0 Å². The monoisotopic (exact) mass is 277 g/mol. The van der Waals surface area contributed by atoms with E-state index in [4.69, 9.17) is 26.0 Å². The number of rotatable bonds is 1. The lowest BCUT2D eigenvalue weighted by molar-refractivity contribution is -0.947. The molecule has 0 aliphatic carbocycles. The second-order valence-corrected chi connectivity index (χ2v) is 4.78. The zero-order valence-corrected chi connectivity index (χ0v) is 11.6. The fourth-order valence-corrected chi connectivity index (χ4v) is 2.37. The normalized spacial score (nSPS) is 27.3. The number of ether oxygens (including phenoxy) is 3. The number of methoxy groups -OCH3 is 2. The molecule has 2 heterocycles. The van der Waals surface area contributed by atoms with Gasteiger partial charge >= 0.3 is 12.0 Å². The fourth-order valence-electron chi connectivity index (χ4n) is 2.01. The van der Waals surface area contributed by atoms with E-state index in [9.17, 15) is 0 Å². The highest BCUT2D eigenvalue weighted by atomic mass is 35.5. The van der Waals surface area contributed by atoms with Crippen molar-refractivity contribution < 1.29 is 18.7 Å². The van der Waals surface area contributed by atoms with Gasteiger partial charge in [0, 0.05) is 11.8 Å². The molecule has 2 aliphatic heterocycles. The maximum absolute atomic E-state index is 6.25. The average Bonchev–Trinajstić information content (AvgIpc) is 2.39. The standard InChI is InChI=1S/C10H18ClN4O3/c1-15(4-6-18-7-5-15)9-12-8(16-2)13-10(17-3)14(9)11/h9H,4-7H2,1-3H3/q+1. The van der Waals surface area contributed by atoms with E-state index in [-0.39, 0.29) is 12.3 Å². The number of hydrogen-bond acceptors (Lipinski definition) is 6. The summed E-state index contributed by atoms with van der Waals surface area (Å²) in [6.45, 7) is 3.03. The maximum atomic E-state index is 6.25. The molecule has 0 amide bonds. The molecule has 0 spiro atoms. The quantitative estimate of drug-likeness (QED) is 0.508. The Morgan fingerprint density at radius 1 is 1.33 bits per heavy atom. The van der Waals surface area contributed by atoms with E-state index in [1.165, 1.54) is 18.6 Å². The summed E-state index contributed by atoms with van der Waals surface area (Å²) in [5.41, 5.74) is 0. The number of nitrogens with zero attached hydrogens (tertiary/aromatic N) is 4. The van der Waals surface area contributed by atoms with Gasteiger partial charge in [0.15, 0.2) is 0 Å². The second-order valence-electron chi connectivity index (χ2n) is 4.41. The van der Waals surface area contributed by atoms with Crippen molar-refractivity contribution >= 4 is 23.8 Å². The summed E-state index contributed by atoms with van der Waals surface area (Å²) < 4.78 is 17.7. The van der Waals surface area contributed by atoms with E-state index in [2.05, 4.69) is 17.0 Å². The van der Waals surface area contributed by atoms with Gasteiger partial charge in [0.1, 0.15) is 13.1 Å². The first kappa shape index (κ1) is 13.4. The third kappa shape index (κ3) is 2.38. The molecule has 0 bridgehead atoms. The topological polar surface area (TPSA) is 55.7 Å². The molecule has 0 aromatic rings. The molecule has 2 rings (SSSR count). The molecular formula is C10H18ClN4O3+. The molecule has 7 nitrogen and oxygen atoms in total. The molecule has 0 radical (unpaired) electrons. The van der Waals surface area contributed by atoms with E-state index in [1.807, 2.05) is 0 Å². The molecule has 1 unspecified atom stereocenters. The first-order chi connectivity index (χ1) is 8.60. The predicted molar refractivity (Wildman–Crippen MR) is 67.1 cm³/mol. The molecule has 1 saturated heterocycles. The number of likely N-dealkylation sites (N-methyl/N-ethyl adjacent to an activating group) is 1. The van der Waals surface area contributed by atoms with E-state index in [0.717, 1.165) is 13.1 Å². The van der Waals surface area contributed by atoms with Crippen molar-refractivity contribution in [3.8, 4) is 0 Å². The molecule has 0 aromatic heterocycles. The number of quaternary nitrogens is 1. The third-order valence-corrected chi connectivity index (χ3v) is 3.54. The lowest BCUT2D eigenvalue weighted by Gasteiger charge is -2.44. The van der Waals surface area contributed by atoms with Crippen LogP contribution in [0, 0.1) is 0 Å². The molecule has 2 aliphatic rings. The van der Waals surface area contributed by atoms with Crippen LogP contribution in [-0.4, -0.2) is 74.8 Å². The van der Waals surface area contributed by atoms with Gasteiger partial charge in [-0.1, -0.05) is 0 Å². The largest absolute Gasteiger partial charge is 0.467 e. The smallest absolute Gasteiger partial charge is 0.323 e. The van der Waals surface area contributed by atoms with Gasteiger partial charge in [-0.3, -0.25) is 4.48 Å². The van der Waals surface area contributed by atoms with E-state index < -0.39 is 0 Å². The van der Waals surface area contributed by atoms with Crippen molar-refractivity contribution in [2.24, 2.45) is 9.98 Å². The molecule has 102 valence electrons. The zero-order valence-electron chi connectivity index (χ0n) is 10.8. The fraction of sp³-hybridized carbons (Fsp3) is 0.800. The van der Waals surface area contributed by atoms with E-state index >= 15 is 0 Å². The summed E-state index contributed by atoms with van der Waals surface area (Å²) in [6, 6.07) is 0.568. The Morgan fingerprint density at radius 2 is 2.00 bits per heavy atom. The zero-order chi connectivity index (χ0) is 13.2. The van der Waals surface area contributed by atoms with Gasteiger partial charge in [-0.25, -0.2) is 0 Å². The minimum atomic E-state index is -0.321. The van der Waals surface area contributed by atoms with Crippen LogP contribution < -0.4 is 0 Å². The van der Waals surface area contributed by atoms with Gasteiger partial charge in [-0.05, 0) is 0 Å². The minimum Gasteiger partial charge on any atom is -0.467 e. The second kappa shape index (κ2) is 5.29. The summed E-state index contributed by atoms with van der Waals surface area (Å²) in [6.07, 6.45) is -0.321. The molecule has 0 aromatic carbocycles. The lowest BCUT2D eigenvalue weighted by atomic mass is 10.3. The number of morpholine rings is 1. The van der Waals surface area contributed by atoms with Gasteiger partial charge in [-0.15, -0.1) is 4.99 Å².